The highest BCUT2D eigenvalue weighted by molar-refractivity contribution is 7.27. The van der Waals surface area contributed by atoms with Gasteiger partial charge in [0.15, 0.2) is 17.5 Å². The molecule has 0 bridgehead atoms. The van der Waals surface area contributed by atoms with Crippen LogP contribution in [0.4, 0.5) is 0 Å². The Balaban J connectivity index is 1.07. The van der Waals surface area contributed by atoms with E-state index in [0.717, 1.165) is 65.7 Å². The SMILES string of the molecule is c1ccc(-c2nc(-c3cc(-c4ccc5c(c4)oc4ccccc45)cc(-n4c5ccccc5c5ccc6c7ccccc7sc6c54)c3)nc(-c3cccc4c3sc3ccccc34)n2)cc1. The van der Waals surface area contributed by atoms with Crippen molar-refractivity contribution in [3.8, 4) is 51.0 Å². The van der Waals surface area contributed by atoms with Crippen LogP contribution in [0.5, 0.6) is 0 Å². The molecule has 0 aliphatic heterocycles. The summed E-state index contributed by atoms with van der Waals surface area (Å²) < 4.78 is 13.9. The zero-order valence-electron chi connectivity index (χ0n) is 34.0. The van der Waals surface area contributed by atoms with Crippen molar-refractivity contribution in [3.63, 3.8) is 0 Å². The Morgan fingerprint density at radius 1 is 0.359 bits per heavy atom. The van der Waals surface area contributed by atoms with Gasteiger partial charge in [-0.3, -0.25) is 0 Å². The minimum absolute atomic E-state index is 0.600. The van der Waals surface area contributed by atoms with E-state index in [1.165, 1.54) is 51.9 Å². The number of hydrogen-bond donors (Lipinski definition) is 0. The zero-order valence-corrected chi connectivity index (χ0v) is 35.6. The third-order valence-electron chi connectivity index (χ3n) is 12.6. The summed E-state index contributed by atoms with van der Waals surface area (Å²) >= 11 is 3.64. The number of fused-ring (bicyclic) bond motifs is 13. The molecule has 64 heavy (non-hydrogen) atoms. The topological polar surface area (TPSA) is 56.7 Å². The third-order valence-corrected chi connectivity index (χ3v) is 15.1. The Morgan fingerprint density at radius 3 is 1.78 bits per heavy atom. The molecule has 0 aliphatic carbocycles. The molecule has 9 aromatic carbocycles. The van der Waals surface area contributed by atoms with Gasteiger partial charge in [-0.25, -0.2) is 15.0 Å². The molecule has 0 fully saturated rings. The molecule has 0 aliphatic rings. The van der Waals surface area contributed by atoms with E-state index >= 15 is 0 Å². The highest BCUT2D eigenvalue weighted by atomic mass is 32.1. The first-order valence-electron chi connectivity index (χ1n) is 21.3. The van der Waals surface area contributed by atoms with Gasteiger partial charge in [-0.15, -0.1) is 22.7 Å². The molecule has 0 amide bonds. The van der Waals surface area contributed by atoms with Crippen molar-refractivity contribution in [2.45, 2.75) is 0 Å². The fraction of sp³-hybridized carbons (Fsp3) is 0. The smallest absolute Gasteiger partial charge is 0.165 e. The van der Waals surface area contributed by atoms with E-state index in [2.05, 4.69) is 168 Å². The molecule has 0 unspecified atom stereocenters. The lowest BCUT2D eigenvalue weighted by atomic mass is 9.99. The van der Waals surface area contributed by atoms with Crippen LogP contribution in [0, 0.1) is 0 Å². The number of hydrogen-bond acceptors (Lipinski definition) is 6. The Morgan fingerprint density at radius 2 is 0.953 bits per heavy atom. The molecule has 5 aromatic heterocycles. The first-order valence-corrected chi connectivity index (χ1v) is 23.0. The average molecular weight is 853 g/mol. The van der Waals surface area contributed by atoms with Crippen molar-refractivity contribution in [2.24, 2.45) is 0 Å². The van der Waals surface area contributed by atoms with Crippen LogP contribution in [-0.2, 0) is 0 Å². The molecular weight excluding hydrogens is 821 g/mol. The van der Waals surface area contributed by atoms with Crippen molar-refractivity contribution in [1.29, 1.82) is 0 Å². The lowest BCUT2D eigenvalue weighted by Crippen LogP contribution is -2.02. The number of nitrogens with zero attached hydrogens (tertiary/aromatic N) is 4. The van der Waals surface area contributed by atoms with Gasteiger partial charge in [0.05, 0.1) is 15.7 Å². The summed E-state index contributed by atoms with van der Waals surface area (Å²) in [5, 5.41) is 9.59. The molecule has 14 aromatic rings. The maximum Gasteiger partial charge on any atom is 0.165 e. The molecule has 0 spiro atoms. The summed E-state index contributed by atoms with van der Waals surface area (Å²) in [6, 6.07) is 69.0. The normalized spacial score (nSPS) is 12.1. The van der Waals surface area contributed by atoms with Crippen LogP contribution < -0.4 is 0 Å². The predicted octanol–water partition coefficient (Wildman–Crippen LogP) is 16.3. The fourth-order valence-corrected chi connectivity index (χ4v) is 12.2. The molecule has 5 nitrogen and oxygen atoms in total. The van der Waals surface area contributed by atoms with Crippen LogP contribution in [0.15, 0.2) is 199 Å². The molecule has 298 valence electrons. The van der Waals surface area contributed by atoms with Gasteiger partial charge in [0, 0.05) is 79.6 Å². The van der Waals surface area contributed by atoms with E-state index in [0.29, 0.717) is 17.5 Å². The summed E-state index contributed by atoms with van der Waals surface area (Å²) in [4.78, 5) is 16.0. The lowest BCUT2D eigenvalue weighted by molar-refractivity contribution is 0.669. The van der Waals surface area contributed by atoms with Crippen molar-refractivity contribution in [2.75, 3.05) is 0 Å². The van der Waals surface area contributed by atoms with Crippen LogP contribution in [-0.4, -0.2) is 19.5 Å². The van der Waals surface area contributed by atoms with Crippen LogP contribution in [0.1, 0.15) is 0 Å². The van der Waals surface area contributed by atoms with E-state index < -0.39 is 0 Å². The number of aromatic nitrogens is 4. The molecule has 0 radical (unpaired) electrons. The summed E-state index contributed by atoms with van der Waals surface area (Å²) in [5.41, 5.74) is 9.93. The predicted molar refractivity (Wildman–Crippen MR) is 269 cm³/mol. The number of furan rings is 1. The quantitative estimate of drug-likeness (QED) is 0.173. The van der Waals surface area contributed by atoms with Crippen molar-refractivity contribution in [1.82, 2.24) is 19.5 Å². The Bertz CT molecular complexity index is 4210. The Hall–Kier alpha value is -7.97. The second kappa shape index (κ2) is 13.8. The van der Waals surface area contributed by atoms with Crippen molar-refractivity contribution in [3.05, 3.63) is 194 Å². The molecule has 0 saturated heterocycles. The fourth-order valence-electron chi connectivity index (χ4n) is 9.71. The van der Waals surface area contributed by atoms with Crippen LogP contribution in [0.2, 0.25) is 0 Å². The van der Waals surface area contributed by atoms with E-state index in [9.17, 15) is 0 Å². The highest BCUT2D eigenvalue weighted by Crippen LogP contribution is 2.45. The Labute approximate surface area is 373 Å². The van der Waals surface area contributed by atoms with Crippen LogP contribution >= 0.6 is 22.7 Å². The van der Waals surface area contributed by atoms with E-state index in [1.54, 1.807) is 11.3 Å². The second-order valence-electron chi connectivity index (χ2n) is 16.3. The van der Waals surface area contributed by atoms with Gasteiger partial charge >= 0.3 is 0 Å². The standard InChI is InChI=1S/C57H32N4OS2/c1-2-13-33(14-3-1)55-58-56(60-57(59-55)46-20-12-19-44-41-17-6-10-23-50(41)63-53(44)46)36-29-35(34-25-26-40-39-16-5-9-22-48(39)62-49(40)32-34)30-37(31-36)61-47-21-8-4-15-38(47)43-27-28-45-42-18-7-11-24-51(42)64-54(45)52(43)61/h1-32H. The minimum Gasteiger partial charge on any atom is -0.456 e. The molecule has 0 saturated carbocycles. The number of rotatable bonds is 5. The molecule has 5 heterocycles. The molecule has 14 rings (SSSR count). The van der Waals surface area contributed by atoms with Gasteiger partial charge < -0.3 is 8.98 Å². The largest absolute Gasteiger partial charge is 0.456 e. The molecular formula is C57H32N4OS2. The lowest BCUT2D eigenvalue weighted by Gasteiger charge is -2.15. The second-order valence-corrected chi connectivity index (χ2v) is 18.4. The first kappa shape index (κ1) is 35.6. The molecule has 0 N–H and O–H groups in total. The molecule has 0 atom stereocenters. The minimum atomic E-state index is 0.600. The van der Waals surface area contributed by atoms with Crippen molar-refractivity contribution >= 4 is 107 Å². The first-order chi connectivity index (χ1) is 31.7. The highest BCUT2D eigenvalue weighted by Gasteiger charge is 2.22. The van der Waals surface area contributed by atoms with Crippen LogP contribution in [0.3, 0.4) is 0 Å². The van der Waals surface area contributed by atoms with Gasteiger partial charge in [0.1, 0.15) is 11.2 Å². The Kier molecular flexibility index (Phi) is 7.66. The maximum absolute atomic E-state index is 6.47. The number of para-hydroxylation sites is 2. The zero-order chi connectivity index (χ0) is 41.9. The van der Waals surface area contributed by atoms with Gasteiger partial charge in [0.2, 0.25) is 0 Å². The number of benzene rings is 9. The van der Waals surface area contributed by atoms with Gasteiger partial charge in [-0.1, -0.05) is 133 Å². The average Bonchev–Trinajstić information content (AvgIpc) is 4.13. The summed E-state index contributed by atoms with van der Waals surface area (Å²) in [7, 11) is 0. The maximum atomic E-state index is 6.47. The third kappa shape index (κ3) is 5.38. The van der Waals surface area contributed by atoms with E-state index in [-0.39, 0.29) is 0 Å². The van der Waals surface area contributed by atoms with Crippen LogP contribution in [0.25, 0.3) is 135 Å². The van der Waals surface area contributed by atoms with Gasteiger partial charge in [-0.05, 0) is 71.8 Å². The summed E-state index contributed by atoms with van der Waals surface area (Å²) in [5.74, 6) is 1.86. The summed E-state index contributed by atoms with van der Waals surface area (Å²) in [6.07, 6.45) is 0. The number of thiophene rings is 2. The van der Waals surface area contributed by atoms with E-state index in [4.69, 9.17) is 19.4 Å². The summed E-state index contributed by atoms with van der Waals surface area (Å²) in [6.45, 7) is 0. The van der Waals surface area contributed by atoms with Gasteiger partial charge in [-0.2, -0.15) is 0 Å². The van der Waals surface area contributed by atoms with E-state index in [1.807, 2.05) is 41.7 Å². The molecule has 7 heteroatoms. The monoisotopic (exact) mass is 852 g/mol. The van der Waals surface area contributed by atoms with Gasteiger partial charge in [0.25, 0.3) is 0 Å². The van der Waals surface area contributed by atoms with Crippen molar-refractivity contribution < 1.29 is 4.42 Å².